The number of fused-ring (bicyclic) bond motifs is 1. The molecule has 0 bridgehead atoms. The number of nitriles is 1. The Labute approximate surface area is 205 Å². The van der Waals surface area contributed by atoms with Gasteiger partial charge in [0.05, 0.1) is 24.6 Å². The number of methoxy groups -OCH3 is 1. The lowest BCUT2D eigenvalue weighted by Gasteiger charge is -2.37. The largest absolute Gasteiger partial charge is 0.497 e. The first-order valence-electron chi connectivity index (χ1n) is 12.6. The van der Waals surface area contributed by atoms with Crippen LogP contribution in [-0.4, -0.2) is 70.1 Å². The number of carboxylic acid groups (broad SMARTS) is 1. The fourth-order valence-corrected chi connectivity index (χ4v) is 6.66. The molecule has 9 nitrogen and oxygen atoms in total. The number of amides is 3. The van der Waals surface area contributed by atoms with E-state index in [1.807, 2.05) is 29.2 Å². The molecule has 35 heavy (non-hydrogen) atoms. The number of nitrogens with zero attached hydrogens (tertiary/aromatic N) is 3. The van der Waals surface area contributed by atoms with Crippen LogP contribution in [0.15, 0.2) is 24.3 Å². The summed E-state index contributed by atoms with van der Waals surface area (Å²) >= 11 is 0. The standard InChI is InChI=1S/C26H32N4O5/c1-35-18-7-4-5-16(13-18)19-15-29(26(11-12-26)20(19)14-27)24(32)22-10-9-17-6-2-3-8-21(28-25(33)34)23(31)30(17)22/h4-5,7,13,17,19-22,28H,2-3,6,8-12,15H2,1H3,(H,33,34)/t17-,19+,20+,21-,22-/m0/s1. The Hall–Kier alpha value is -3.28. The van der Waals surface area contributed by atoms with Crippen molar-refractivity contribution in [2.24, 2.45) is 5.92 Å². The van der Waals surface area contributed by atoms with Crippen molar-refractivity contribution in [3.8, 4) is 11.8 Å². The van der Waals surface area contributed by atoms with E-state index in [1.165, 1.54) is 0 Å². The second-order valence-corrected chi connectivity index (χ2v) is 10.3. The van der Waals surface area contributed by atoms with Crippen molar-refractivity contribution < 1.29 is 24.2 Å². The van der Waals surface area contributed by atoms with E-state index in [9.17, 15) is 24.8 Å². The van der Waals surface area contributed by atoms with Crippen LogP contribution in [0.5, 0.6) is 5.75 Å². The van der Waals surface area contributed by atoms with Gasteiger partial charge in [0.15, 0.2) is 0 Å². The predicted molar refractivity (Wildman–Crippen MR) is 126 cm³/mol. The van der Waals surface area contributed by atoms with Gasteiger partial charge in [-0.05, 0) is 56.2 Å². The van der Waals surface area contributed by atoms with E-state index < -0.39 is 23.7 Å². The molecule has 9 heteroatoms. The minimum Gasteiger partial charge on any atom is -0.497 e. The molecule has 1 aromatic carbocycles. The zero-order valence-electron chi connectivity index (χ0n) is 20.0. The summed E-state index contributed by atoms with van der Waals surface area (Å²) in [5.74, 6) is -0.115. The lowest BCUT2D eigenvalue weighted by atomic mass is 9.85. The Morgan fingerprint density at radius 1 is 1.20 bits per heavy atom. The average molecular weight is 481 g/mol. The molecule has 5 rings (SSSR count). The highest BCUT2D eigenvalue weighted by Crippen LogP contribution is 2.58. The molecule has 1 aliphatic carbocycles. The third-order valence-electron chi connectivity index (χ3n) is 8.51. The van der Waals surface area contributed by atoms with Crippen molar-refractivity contribution in [1.29, 1.82) is 5.26 Å². The molecular formula is C26H32N4O5. The maximum atomic E-state index is 14.1. The summed E-state index contributed by atoms with van der Waals surface area (Å²) in [5, 5.41) is 21.7. The molecule has 3 aliphatic heterocycles. The number of carbonyl (C=O) groups is 3. The van der Waals surface area contributed by atoms with Crippen LogP contribution in [0, 0.1) is 17.2 Å². The molecule has 1 saturated carbocycles. The van der Waals surface area contributed by atoms with Gasteiger partial charge in [-0.25, -0.2) is 4.79 Å². The summed E-state index contributed by atoms with van der Waals surface area (Å²) in [4.78, 5) is 42.4. The number of ether oxygens (including phenoxy) is 1. The Balaban J connectivity index is 1.42. The minimum atomic E-state index is -1.22. The smallest absolute Gasteiger partial charge is 0.405 e. The first-order chi connectivity index (χ1) is 16.9. The lowest BCUT2D eigenvalue weighted by molar-refractivity contribution is -0.148. The van der Waals surface area contributed by atoms with Crippen LogP contribution in [-0.2, 0) is 9.59 Å². The van der Waals surface area contributed by atoms with Crippen LogP contribution in [0.3, 0.4) is 0 Å². The quantitative estimate of drug-likeness (QED) is 0.683. The number of hydrogen-bond donors (Lipinski definition) is 2. The highest BCUT2D eigenvalue weighted by Gasteiger charge is 2.64. The first-order valence-corrected chi connectivity index (χ1v) is 12.6. The van der Waals surface area contributed by atoms with Crippen LogP contribution in [0.4, 0.5) is 4.79 Å². The van der Waals surface area contributed by atoms with Crippen molar-refractivity contribution in [3.05, 3.63) is 29.8 Å². The summed E-state index contributed by atoms with van der Waals surface area (Å²) in [7, 11) is 1.61. The molecule has 186 valence electrons. The topological polar surface area (TPSA) is 123 Å². The third kappa shape index (κ3) is 3.99. The summed E-state index contributed by atoms with van der Waals surface area (Å²) in [6, 6.07) is 8.71. The summed E-state index contributed by atoms with van der Waals surface area (Å²) in [6.07, 6.45) is 4.60. The SMILES string of the molecule is COc1cccc([C@H]2CN(C(=O)[C@@H]3CC[C@@H]4CCCC[C@H](NC(=O)O)C(=O)N43)C3(CC3)[C@@H]2C#N)c1. The predicted octanol–water partition coefficient (Wildman–Crippen LogP) is 2.86. The lowest BCUT2D eigenvalue weighted by Crippen LogP contribution is -2.57. The molecule has 1 spiro atoms. The van der Waals surface area contributed by atoms with Crippen molar-refractivity contribution in [1.82, 2.24) is 15.1 Å². The molecule has 1 aromatic rings. The number of hydrogen-bond acceptors (Lipinski definition) is 5. The Kier molecular flexibility index (Phi) is 6.07. The summed E-state index contributed by atoms with van der Waals surface area (Å²) in [6.45, 7) is 0.435. The number of carbonyl (C=O) groups excluding carboxylic acids is 2. The van der Waals surface area contributed by atoms with Gasteiger partial charge in [-0.3, -0.25) is 9.59 Å². The van der Waals surface area contributed by atoms with Crippen LogP contribution in [0.1, 0.15) is 62.8 Å². The first kappa shape index (κ1) is 23.5. The molecular weight excluding hydrogens is 448 g/mol. The van der Waals surface area contributed by atoms with Crippen LogP contribution in [0.2, 0.25) is 0 Å². The highest BCUT2D eigenvalue weighted by atomic mass is 16.5. The zero-order chi connectivity index (χ0) is 24.7. The molecule has 3 saturated heterocycles. The van der Waals surface area contributed by atoms with Gasteiger partial charge in [-0.1, -0.05) is 25.0 Å². The highest BCUT2D eigenvalue weighted by molar-refractivity contribution is 5.92. The maximum absolute atomic E-state index is 14.1. The van der Waals surface area contributed by atoms with Crippen molar-refractivity contribution >= 4 is 17.9 Å². The van der Waals surface area contributed by atoms with E-state index in [-0.39, 0.29) is 29.7 Å². The van der Waals surface area contributed by atoms with Crippen molar-refractivity contribution in [2.75, 3.05) is 13.7 Å². The third-order valence-corrected chi connectivity index (χ3v) is 8.51. The second kappa shape index (κ2) is 9.06. The normalized spacial score (nSPS) is 31.3. The van der Waals surface area contributed by atoms with Gasteiger partial charge in [-0.2, -0.15) is 5.26 Å². The van der Waals surface area contributed by atoms with Crippen LogP contribution in [0.25, 0.3) is 0 Å². The molecule has 3 heterocycles. The minimum absolute atomic E-state index is 0.0476. The molecule has 0 radical (unpaired) electrons. The van der Waals surface area contributed by atoms with E-state index in [4.69, 9.17) is 4.74 Å². The molecule has 0 unspecified atom stereocenters. The van der Waals surface area contributed by atoms with Crippen LogP contribution < -0.4 is 10.1 Å². The van der Waals surface area contributed by atoms with Gasteiger partial charge in [0.25, 0.3) is 0 Å². The fourth-order valence-electron chi connectivity index (χ4n) is 6.66. The average Bonchev–Trinajstić information content (AvgIpc) is 3.41. The van der Waals surface area contributed by atoms with Gasteiger partial charge >= 0.3 is 6.09 Å². The van der Waals surface area contributed by atoms with Crippen molar-refractivity contribution in [2.45, 2.75) is 80.9 Å². The van der Waals surface area contributed by atoms with E-state index >= 15 is 0 Å². The van der Waals surface area contributed by atoms with E-state index in [2.05, 4.69) is 11.4 Å². The van der Waals surface area contributed by atoms with Crippen LogP contribution >= 0.6 is 0 Å². The van der Waals surface area contributed by atoms with Gasteiger partial charge in [-0.15, -0.1) is 0 Å². The number of rotatable bonds is 4. The fraction of sp³-hybridized carbons (Fsp3) is 0.615. The number of likely N-dealkylation sites (tertiary alicyclic amines) is 1. The molecule has 4 aliphatic rings. The summed E-state index contributed by atoms with van der Waals surface area (Å²) < 4.78 is 5.38. The number of benzene rings is 1. The number of nitrogens with one attached hydrogen (secondary N) is 1. The van der Waals surface area contributed by atoms with E-state index in [0.29, 0.717) is 19.4 Å². The molecule has 4 fully saturated rings. The summed E-state index contributed by atoms with van der Waals surface area (Å²) in [5.41, 5.74) is 0.497. The zero-order valence-corrected chi connectivity index (χ0v) is 20.0. The maximum Gasteiger partial charge on any atom is 0.405 e. The van der Waals surface area contributed by atoms with Gasteiger partial charge in [0.1, 0.15) is 17.8 Å². The van der Waals surface area contributed by atoms with Gasteiger partial charge in [0, 0.05) is 18.5 Å². The molecule has 2 N–H and O–H groups in total. The van der Waals surface area contributed by atoms with Gasteiger partial charge in [0.2, 0.25) is 11.8 Å². The molecule has 0 aromatic heterocycles. The van der Waals surface area contributed by atoms with E-state index in [0.717, 1.165) is 49.8 Å². The monoisotopic (exact) mass is 480 g/mol. The molecule has 5 atom stereocenters. The molecule has 3 amide bonds. The van der Waals surface area contributed by atoms with Gasteiger partial charge < -0.3 is 25.0 Å². The van der Waals surface area contributed by atoms with E-state index in [1.54, 1.807) is 12.0 Å². The van der Waals surface area contributed by atoms with Crippen molar-refractivity contribution in [3.63, 3.8) is 0 Å². The Morgan fingerprint density at radius 2 is 1.97 bits per heavy atom. The Bertz CT molecular complexity index is 1060. The Morgan fingerprint density at radius 3 is 2.66 bits per heavy atom. The second-order valence-electron chi connectivity index (χ2n) is 10.3.